The van der Waals surface area contributed by atoms with Gasteiger partial charge in [-0.2, -0.15) is 5.26 Å². The fourth-order valence-corrected chi connectivity index (χ4v) is 2.25. The molecule has 0 aliphatic heterocycles. The number of nitrogens with one attached hydrogen (secondary N) is 2. The van der Waals surface area contributed by atoms with Crippen LogP contribution < -0.4 is 10.6 Å². The summed E-state index contributed by atoms with van der Waals surface area (Å²) in [5.41, 5.74) is 0.627. The van der Waals surface area contributed by atoms with Gasteiger partial charge in [-0.3, -0.25) is 19.7 Å². The van der Waals surface area contributed by atoms with Crippen molar-refractivity contribution in [2.24, 2.45) is 14.1 Å². The lowest BCUT2D eigenvalue weighted by molar-refractivity contribution is -0.384. The summed E-state index contributed by atoms with van der Waals surface area (Å²) in [6.07, 6.45) is 2.99. The van der Waals surface area contributed by atoms with Crippen molar-refractivity contribution in [1.29, 1.82) is 5.26 Å². The lowest BCUT2D eigenvalue weighted by atomic mass is 10.3. The number of nitriles is 1. The normalized spacial score (nSPS) is 10.1. The molecule has 0 aromatic carbocycles. The summed E-state index contributed by atoms with van der Waals surface area (Å²) in [6, 6.07) is 4.58. The molecule has 10 heteroatoms. The van der Waals surface area contributed by atoms with Crippen molar-refractivity contribution in [3.05, 3.63) is 46.0 Å². The number of rotatable bonds is 6. The highest BCUT2D eigenvalue weighted by molar-refractivity contribution is 6.04. The number of aryl methyl sites for hydroxylation is 2. The Bertz CT molecular complexity index is 873. The van der Waals surface area contributed by atoms with Gasteiger partial charge >= 0.3 is 0 Å². The highest BCUT2D eigenvalue weighted by Crippen LogP contribution is 2.18. The standard InChI is InChI=1S/C15H16N6O4/c1-19-8-10(6-12(19)14(22)17-5-3-4-16)18-15(23)13-7-11(21(24)25)9-20(13)2/h6-9H,3,5H2,1-2H3,(H,17,22)(H,18,23)/i17+1. The molecule has 2 aromatic heterocycles. The number of aromatic nitrogens is 2. The third-order valence-electron chi connectivity index (χ3n) is 3.45. The number of amides is 2. The molecule has 2 amide bonds. The summed E-state index contributed by atoms with van der Waals surface area (Å²) in [5.74, 6) is -0.898. The van der Waals surface area contributed by atoms with Gasteiger partial charge in [0.2, 0.25) is 0 Å². The van der Waals surface area contributed by atoms with Crippen molar-refractivity contribution in [2.75, 3.05) is 11.9 Å². The number of hydrogen-bond donors (Lipinski definition) is 2. The predicted octanol–water partition coefficient (Wildman–Crippen LogP) is 1.17. The minimum atomic E-state index is -0.580. The second kappa shape index (κ2) is 7.31. The van der Waals surface area contributed by atoms with Gasteiger partial charge in [0, 0.05) is 32.9 Å². The second-order valence-electron chi connectivity index (χ2n) is 5.29. The average molecular weight is 345 g/mol. The van der Waals surface area contributed by atoms with Crippen LogP contribution in [0.1, 0.15) is 27.4 Å². The minimum Gasteiger partial charge on any atom is -0.350 e. The van der Waals surface area contributed by atoms with Crippen molar-refractivity contribution < 1.29 is 14.5 Å². The zero-order valence-corrected chi connectivity index (χ0v) is 13.6. The van der Waals surface area contributed by atoms with Crippen LogP contribution in [0.2, 0.25) is 0 Å². The number of carbonyl (C=O) groups excluding carboxylic acids is 2. The predicted molar refractivity (Wildman–Crippen MR) is 88.0 cm³/mol. The molecule has 25 heavy (non-hydrogen) atoms. The Hall–Kier alpha value is -3.61. The van der Waals surface area contributed by atoms with Gasteiger partial charge in [-0.05, 0) is 6.07 Å². The average Bonchev–Trinajstić information content (AvgIpc) is 3.10. The second-order valence-corrected chi connectivity index (χ2v) is 5.29. The van der Waals surface area contributed by atoms with Crippen LogP contribution >= 0.6 is 0 Å². The molecular weight excluding hydrogens is 329 g/mol. The van der Waals surface area contributed by atoms with Gasteiger partial charge in [0.25, 0.3) is 17.5 Å². The van der Waals surface area contributed by atoms with Crippen LogP contribution in [0.4, 0.5) is 11.4 Å². The van der Waals surface area contributed by atoms with Gasteiger partial charge in [-0.25, -0.2) is 0 Å². The lowest BCUT2D eigenvalue weighted by Crippen LogP contribution is -2.25. The number of carbonyl (C=O) groups is 2. The zero-order chi connectivity index (χ0) is 18.6. The summed E-state index contributed by atoms with van der Waals surface area (Å²) in [7, 11) is 3.17. The minimum absolute atomic E-state index is 0.121. The molecule has 2 heterocycles. The van der Waals surface area contributed by atoms with E-state index >= 15 is 0 Å². The first-order valence-electron chi connectivity index (χ1n) is 7.27. The van der Waals surface area contributed by atoms with Gasteiger partial charge in [-0.15, -0.1) is 0 Å². The topological polar surface area (TPSA) is 135 Å². The van der Waals surface area contributed by atoms with E-state index < -0.39 is 10.8 Å². The Balaban J connectivity index is 2.12. The van der Waals surface area contributed by atoms with Crippen LogP contribution in [0, 0.1) is 21.4 Å². The summed E-state index contributed by atoms with van der Waals surface area (Å²) < 4.78 is 2.89. The molecule has 2 N–H and O–H groups in total. The maximum Gasteiger partial charge on any atom is 0.287 e. The third kappa shape index (κ3) is 4.03. The van der Waals surface area contributed by atoms with Gasteiger partial charge in [0.05, 0.1) is 29.3 Å². The molecular formula is C15H16N6O4. The van der Waals surface area contributed by atoms with E-state index in [1.54, 1.807) is 13.2 Å². The van der Waals surface area contributed by atoms with E-state index in [0.29, 0.717) is 11.4 Å². The van der Waals surface area contributed by atoms with Gasteiger partial charge in [0.15, 0.2) is 0 Å². The van der Waals surface area contributed by atoms with E-state index in [9.17, 15) is 19.7 Å². The van der Waals surface area contributed by atoms with Crippen LogP contribution in [0.5, 0.6) is 0 Å². The van der Waals surface area contributed by atoms with Crippen LogP contribution in [0.3, 0.4) is 0 Å². The highest BCUT2D eigenvalue weighted by atomic mass is 16.6. The number of anilines is 1. The molecule has 0 aliphatic rings. The van der Waals surface area contributed by atoms with Crippen LogP contribution in [0.25, 0.3) is 0 Å². The van der Waals surface area contributed by atoms with E-state index in [-0.39, 0.29) is 30.3 Å². The van der Waals surface area contributed by atoms with Crippen molar-refractivity contribution in [3.8, 4) is 6.07 Å². The molecule has 0 saturated carbocycles. The van der Waals surface area contributed by atoms with Crippen LogP contribution in [-0.4, -0.2) is 32.4 Å². The molecule has 10 nitrogen and oxygen atoms in total. The first-order valence-corrected chi connectivity index (χ1v) is 7.27. The molecule has 0 saturated heterocycles. The van der Waals surface area contributed by atoms with Crippen molar-refractivity contribution in [1.82, 2.24) is 14.5 Å². The molecule has 130 valence electrons. The van der Waals surface area contributed by atoms with E-state index in [0.717, 1.165) is 0 Å². The van der Waals surface area contributed by atoms with Crippen molar-refractivity contribution >= 4 is 23.2 Å². The van der Waals surface area contributed by atoms with E-state index in [4.69, 9.17) is 5.26 Å². The van der Waals surface area contributed by atoms with E-state index in [2.05, 4.69) is 10.6 Å². The fraction of sp³-hybridized carbons (Fsp3) is 0.267. The SMILES string of the molecule is Cn1cc([N+](=O)[O-])cc1C(=O)Nc1cc(C(=O)[15NH]CCC#N)n(C)c1. The molecule has 0 fully saturated rings. The lowest BCUT2D eigenvalue weighted by Gasteiger charge is -2.03. The van der Waals surface area contributed by atoms with E-state index in [1.165, 1.54) is 34.5 Å². The Labute approximate surface area is 142 Å². The van der Waals surface area contributed by atoms with Gasteiger partial charge < -0.3 is 19.8 Å². The number of nitro groups is 1. The molecule has 0 spiro atoms. The summed E-state index contributed by atoms with van der Waals surface area (Å²) >= 11 is 0. The maximum atomic E-state index is 12.3. The largest absolute Gasteiger partial charge is 0.350 e. The first kappa shape index (κ1) is 17.7. The van der Waals surface area contributed by atoms with Gasteiger partial charge in [-0.1, -0.05) is 0 Å². The first-order chi connectivity index (χ1) is 11.8. The monoisotopic (exact) mass is 345 g/mol. The molecule has 2 aromatic rings. The van der Waals surface area contributed by atoms with Gasteiger partial charge in [0.1, 0.15) is 11.4 Å². The van der Waals surface area contributed by atoms with Crippen LogP contribution in [0.15, 0.2) is 24.5 Å². The molecule has 0 unspecified atom stereocenters. The zero-order valence-electron chi connectivity index (χ0n) is 13.6. The summed E-state index contributed by atoms with van der Waals surface area (Å²) in [5, 5.41) is 24.4. The summed E-state index contributed by atoms with van der Waals surface area (Å²) in [4.78, 5) is 34.5. The highest BCUT2D eigenvalue weighted by Gasteiger charge is 2.19. The summed E-state index contributed by atoms with van der Waals surface area (Å²) in [6.45, 7) is 0.231. The molecule has 0 bridgehead atoms. The van der Waals surface area contributed by atoms with Crippen molar-refractivity contribution in [2.45, 2.75) is 6.42 Å². The van der Waals surface area contributed by atoms with E-state index in [1.807, 2.05) is 6.07 Å². The number of nitrogens with zero attached hydrogens (tertiary/aromatic N) is 4. The van der Waals surface area contributed by atoms with Crippen LogP contribution in [-0.2, 0) is 14.1 Å². The Morgan fingerprint density at radius 2 is 1.84 bits per heavy atom. The Morgan fingerprint density at radius 1 is 1.20 bits per heavy atom. The molecule has 0 aliphatic carbocycles. The smallest absolute Gasteiger partial charge is 0.287 e. The molecule has 0 atom stereocenters. The van der Waals surface area contributed by atoms with Crippen molar-refractivity contribution in [3.63, 3.8) is 0 Å². The molecule has 0 radical (unpaired) electrons. The maximum absolute atomic E-state index is 12.3. The fourth-order valence-electron chi connectivity index (χ4n) is 2.25. The Morgan fingerprint density at radius 3 is 2.44 bits per heavy atom. The third-order valence-corrected chi connectivity index (χ3v) is 3.45. The molecule has 2 rings (SSSR count). The number of hydrogen-bond acceptors (Lipinski definition) is 5. The quantitative estimate of drug-likeness (QED) is 0.350. The Kier molecular flexibility index (Phi) is 5.18.